The predicted octanol–water partition coefficient (Wildman–Crippen LogP) is 6.20. The van der Waals surface area contributed by atoms with Crippen LogP contribution >= 0.6 is 62.3 Å². The van der Waals surface area contributed by atoms with Crippen LogP contribution in [0.3, 0.4) is 0 Å². The minimum absolute atomic E-state index is 0.294. The summed E-state index contributed by atoms with van der Waals surface area (Å²) in [4.78, 5) is 28.7. The number of nitrogens with zero attached hydrogens (tertiary/aromatic N) is 2. The Labute approximate surface area is 236 Å². The van der Waals surface area contributed by atoms with Gasteiger partial charge in [-0.2, -0.15) is 0 Å². The van der Waals surface area contributed by atoms with Crippen molar-refractivity contribution in [2.75, 3.05) is 0 Å². The van der Waals surface area contributed by atoms with Crippen molar-refractivity contribution in [2.24, 2.45) is 0 Å². The van der Waals surface area contributed by atoms with Crippen LogP contribution in [0, 0.1) is 0 Å². The summed E-state index contributed by atoms with van der Waals surface area (Å²) in [5, 5.41) is 19.2. The third-order valence-electron chi connectivity index (χ3n) is 4.15. The number of pyridine rings is 2. The number of hydrogen-bond donors (Lipinski definition) is 2. The van der Waals surface area contributed by atoms with Gasteiger partial charge in [0.05, 0.1) is 15.7 Å². The maximum atomic E-state index is 10.6. The van der Waals surface area contributed by atoms with Gasteiger partial charge in [-0.25, -0.2) is 9.97 Å². The van der Waals surface area contributed by atoms with E-state index in [0.717, 1.165) is 5.56 Å². The monoisotopic (exact) mass is 626 g/mol. The van der Waals surface area contributed by atoms with Crippen molar-refractivity contribution in [3.8, 4) is 11.3 Å². The van der Waals surface area contributed by atoms with Crippen LogP contribution in [-0.4, -0.2) is 39.7 Å². The molecule has 2 aromatic heterocycles. The average Bonchev–Trinajstić information content (AvgIpc) is 2.86. The maximum Gasteiger partial charge on any atom is 0.488 e. The molecule has 0 saturated heterocycles. The first-order valence-corrected chi connectivity index (χ1v) is 12.2. The highest BCUT2D eigenvalue weighted by molar-refractivity contribution is 9.10. The quantitative estimate of drug-likeness (QED) is 0.159. The molecule has 2 N–H and O–H groups in total. The number of halogens is 5. The van der Waals surface area contributed by atoms with Crippen LogP contribution in [0.4, 0.5) is 0 Å². The second-order valence-corrected chi connectivity index (χ2v) is 9.27. The van der Waals surface area contributed by atoms with E-state index in [2.05, 4.69) is 25.9 Å². The SMILES string of the molecule is O=Cc1cccc(-c2ccc(Cl)c(Cl)c2)n1.O=Cc1cccc(Br)n1.OB(O)c1cc(Cl)cc(Cl)c1. The Morgan fingerprint density at radius 3 is 1.81 bits per heavy atom. The molecular formula is C24H16BBrCl4N2O4. The Morgan fingerprint density at radius 2 is 1.31 bits per heavy atom. The van der Waals surface area contributed by atoms with E-state index in [1.807, 2.05) is 12.1 Å². The summed E-state index contributed by atoms with van der Waals surface area (Å²) in [6, 6.07) is 20.1. The number of carbonyl (C=O) groups excluding carboxylic acids is 2. The number of benzene rings is 2. The number of aromatic nitrogens is 2. The lowest BCUT2D eigenvalue weighted by atomic mass is 9.80. The summed E-state index contributed by atoms with van der Waals surface area (Å²) >= 11 is 26.0. The number of aldehydes is 2. The molecule has 0 aliphatic rings. The van der Waals surface area contributed by atoms with Gasteiger partial charge in [0.1, 0.15) is 16.0 Å². The summed E-state index contributed by atoms with van der Waals surface area (Å²) in [6.07, 6.45) is 1.42. The molecule has 0 atom stereocenters. The zero-order valence-electron chi connectivity index (χ0n) is 18.2. The zero-order valence-corrected chi connectivity index (χ0v) is 22.8. The van der Waals surface area contributed by atoms with Crippen molar-refractivity contribution in [3.05, 3.63) is 109 Å². The number of hydrogen-bond acceptors (Lipinski definition) is 6. The fourth-order valence-electron chi connectivity index (χ4n) is 2.55. The smallest absolute Gasteiger partial charge is 0.423 e. The molecule has 0 aliphatic carbocycles. The van der Waals surface area contributed by atoms with E-state index < -0.39 is 7.12 Å². The normalized spacial score (nSPS) is 9.75. The zero-order chi connectivity index (χ0) is 26.7. The second-order valence-electron chi connectivity index (χ2n) is 6.77. The van der Waals surface area contributed by atoms with Crippen LogP contribution in [-0.2, 0) is 0 Å². The molecule has 2 aromatic carbocycles. The summed E-state index contributed by atoms with van der Waals surface area (Å²) < 4.78 is 0.687. The van der Waals surface area contributed by atoms with Gasteiger partial charge < -0.3 is 10.0 Å². The van der Waals surface area contributed by atoms with Crippen LogP contribution < -0.4 is 5.46 Å². The van der Waals surface area contributed by atoms with Crippen LogP contribution in [0.25, 0.3) is 11.3 Å². The molecule has 0 fully saturated rings. The molecule has 0 amide bonds. The van der Waals surface area contributed by atoms with Gasteiger partial charge in [-0.3, -0.25) is 9.59 Å². The largest absolute Gasteiger partial charge is 0.488 e. The van der Waals surface area contributed by atoms with Gasteiger partial charge >= 0.3 is 7.12 Å². The molecule has 0 spiro atoms. The Hall–Kier alpha value is -2.30. The minimum Gasteiger partial charge on any atom is -0.423 e. The van der Waals surface area contributed by atoms with E-state index >= 15 is 0 Å². The molecule has 36 heavy (non-hydrogen) atoms. The van der Waals surface area contributed by atoms with Crippen LogP contribution in [0.1, 0.15) is 21.0 Å². The molecule has 2 heterocycles. The van der Waals surface area contributed by atoms with E-state index in [0.29, 0.717) is 59.8 Å². The topological polar surface area (TPSA) is 100 Å². The van der Waals surface area contributed by atoms with Crippen molar-refractivity contribution in [1.82, 2.24) is 9.97 Å². The molecule has 0 unspecified atom stereocenters. The van der Waals surface area contributed by atoms with Gasteiger partial charge in [0.25, 0.3) is 0 Å². The van der Waals surface area contributed by atoms with Gasteiger partial charge in [-0.05, 0) is 76.0 Å². The first-order chi connectivity index (χ1) is 17.1. The van der Waals surface area contributed by atoms with Gasteiger partial charge in [0.2, 0.25) is 0 Å². The van der Waals surface area contributed by atoms with Gasteiger partial charge in [-0.15, -0.1) is 0 Å². The van der Waals surface area contributed by atoms with Crippen LogP contribution in [0.5, 0.6) is 0 Å². The van der Waals surface area contributed by atoms with Gasteiger partial charge in [0.15, 0.2) is 12.6 Å². The summed E-state index contributed by atoms with van der Waals surface area (Å²) in [5.74, 6) is 0. The maximum absolute atomic E-state index is 10.6. The molecular weight excluding hydrogens is 613 g/mol. The Balaban J connectivity index is 0.000000200. The highest BCUT2D eigenvalue weighted by Crippen LogP contribution is 2.27. The second kappa shape index (κ2) is 15.1. The molecule has 0 aliphatic heterocycles. The van der Waals surface area contributed by atoms with Crippen molar-refractivity contribution in [1.29, 1.82) is 0 Å². The number of carbonyl (C=O) groups is 2. The van der Waals surface area contributed by atoms with Gasteiger partial charge in [-0.1, -0.05) is 64.6 Å². The molecule has 4 rings (SSSR count). The Kier molecular flexibility index (Phi) is 12.5. The van der Waals surface area contributed by atoms with E-state index in [1.54, 1.807) is 42.5 Å². The molecule has 0 radical (unpaired) electrons. The van der Waals surface area contributed by atoms with Crippen molar-refractivity contribution >= 4 is 87.5 Å². The van der Waals surface area contributed by atoms with Crippen molar-refractivity contribution in [2.45, 2.75) is 0 Å². The summed E-state index contributed by atoms with van der Waals surface area (Å²) in [5.41, 5.74) is 2.66. The van der Waals surface area contributed by atoms with Gasteiger partial charge in [0, 0.05) is 15.6 Å². The standard InChI is InChI=1S/C12H7Cl2NO.C6H5BCl2O2.C6H4BrNO/c13-10-5-4-8(6-11(10)14)12-3-1-2-9(7-16)15-12;8-5-1-4(7(10)11)2-6(9)3-5;7-6-3-1-2-5(4-9)8-6/h1-7H;1-3,10-11H;1-4H. The lowest BCUT2D eigenvalue weighted by Gasteiger charge is -2.03. The third kappa shape index (κ3) is 9.99. The van der Waals surface area contributed by atoms with Crippen LogP contribution in [0.2, 0.25) is 20.1 Å². The average molecular weight is 629 g/mol. The molecule has 6 nitrogen and oxygen atoms in total. The van der Waals surface area contributed by atoms with Crippen molar-refractivity contribution < 1.29 is 19.6 Å². The summed E-state index contributed by atoms with van der Waals surface area (Å²) in [6.45, 7) is 0. The van der Waals surface area contributed by atoms with Crippen molar-refractivity contribution in [3.63, 3.8) is 0 Å². The van der Waals surface area contributed by atoms with Crippen LogP contribution in [0.15, 0.2) is 77.4 Å². The van der Waals surface area contributed by atoms with E-state index in [1.165, 1.54) is 18.2 Å². The molecule has 184 valence electrons. The molecule has 0 bridgehead atoms. The molecule has 0 saturated carbocycles. The fraction of sp³-hybridized carbons (Fsp3) is 0. The highest BCUT2D eigenvalue weighted by atomic mass is 79.9. The van der Waals surface area contributed by atoms with E-state index in [4.69, 9.17) is 56.5 Å². The third-order valence-corrected chi connectivity index (χ3v) is 5.76. The number of rotatable bonds is 4. The van der Waals surface area contributed by atoms with E-state index in [-0.39, 0.29) is 0 Å². The highest BCUT2D eigenvalue weighted by Gasteiger charge is 2.11. The molecule has 4 aromatic rings. The fourth-order valence-corrected chi connectivity index (χ4v) is 3.75. The first kappa shape index (κ1) is 29.9. The predicted molar refractivity (Wildman–Crippen MR) is 149 cm³/mol. The molecule has 12 heteroatoms. The lowest BCUT2D eigenvalue weighted by molar-refractivity contribution is 0.111. The summed E-state index contributed by atoms with van der Waals surface area (Å²) in [7, 11) is -1.52. The minimum atomic E-state index is -1.52. The lowest BCUT2D eigenvalue weighted by Crippen LogP contribution is -2.29. The first-order valence-electron chi connectivity index (χ1n) is 9.90. The van der Waals surface area contributed by atoms with E-state index in [9.17, 15) is 9.59 Å². The Morgan fingerprint density at radius 1 is 0.722 bits per heavy atom. The Bertz CT molecular complexity index is 1330.